The summed E-state index contributed by atoms with van der Waals surface area (Å²) in [7, 11) is 1.66. The van der Waals surface area contributed by atoms with Crippen molar-refractivity contribution in [3.63, 3.8) is 0 Å². The minimum absolute atomic E-state index is 0.0327. The zero-order chi connectivity index (χ0) is 11.4. The molecule has 0 amide bonds. The Morgan fingerprint density at radius 3 is 2.14 bits per heavy atom. The summed E-state index contributed by atoms with van der Waals surface area (Å²) in [5.41, 5.74) is -0.418. The number of aliphatic hydroxyl groups is 2. The molecule has 3 atom stereocenters. The van der Waals surface area contributed by atoms with Gasteiger partial charge in [0.05, 0.1) is 18.8 Å². The van der Waals surface area contributed by atoms with Crippen LogP contribution < -0.4 is 0 Å². The standard InChI is InChI=1S/C11H24O3/c1-6-8(2)10(14-5)11(3,4)9(13)7-12/h8-10,12-13H,6-7H2,1-5H3. The fourth-order valence-electron chi connectivity index (χ4n) is 1.91. The van der Waals surface area contributed by atoms with Crippen molar-refractivity contribution in [2.24, 2.45) is 11.3 Å². The summed E-state index contributed by atoms with van der Waals surface area (Å²) in [6.45, 7) is 7.82. The van der Waals surface area contributed by atoms with Crippen LogP contribution in [-0.4, -0.2) is 36.1 Å². The molecular formula is C11H24O3. The number of hydrogen-bond donors (Lipinski definition) is 2. The molecule has 86 valence electrons. The molecule has 3 heteroatoms. The number of methoxy groups -OCH3 is 1. The predicted molar refractivity (Wildman–Crippen MR) is 57.1 cm³/mol. The molecule has 3 unspecified atom stereocenters. The van der Waals surface area contributed by atoms with Crippen molar-refractivity contribution in [1.29, 1.82) is 0 Å². The van der Waals surface area contributed by atoms with Crippen molar-refractivity contribution < 1.29 is 14.9 Å². The maximum absolute atomic E-state index is 9.70. The minimum Gasteiger partial charge on any atom is -0.394 e. The van der Waals surface area contributed by atoms with E-state index in [1.165, 1.54) is 0 Å². The highest BCUT2D eigenvalue weighted by molar-refractivity contribution is 4.88. The second kappa shape index (κ2) is 5.69. The molecule has 0 rings (SSSR count). The Morgan fingerprint density at radius 2 is 1.86 bits per heavy atom. The van der Waals surface area contributed by atoms with Gasteiger partial charge in [-0.25, -0.2) is 0 Å². The molecule has 0 aromatic rings. The number of rotatable bonds is 6. The molecule has 0 aliphatic rings. The highest BCUT2D eigenvalue weighted by Crippen LogP contribution is 2.33. The third kappa shape index (κ3) is 2.94. The fraction of sp³-hybridized carbons (Fsp3) is 1.00. The molecule has 3 nitrogen and oxygen atoms in total. The van der Waals surface area contributed by atoms with E-state index in [9.17, 15) is 5.11 Å². The molecule has 0 aromatic carbocycles. The quantitative estimate of drug-likeness (QED) is 0.688. The second-order valence-corrected chi connectivity index (χ2v) is 4.56. The van der Waals surface area contributed by atoms with Crippen LogP contribution in [0.25, 0.3) is 0 Å². The summed E-state index contributed by atoms with van der Waals surface area (Å²) in [5.74, 6) is 0.371. The highest BCUT2D eigenvalue weighted by atomic mass is 16.5. The summed E-state index contributed by atoms with van der Waals surface area (Å²) in [6, 6.07) is 0. The normalized spacial score (nSPS) is 19.1. The molecule has 0 saturated heterocycles. The third-order valence-electron chi connectivity index (χ3n) is 3.18. The molecule has 0 bridgehead atoms. The maximum Gasteiger partial charge on any atom is 0.0846 e. The third-order valence-corrected chi connectivity index (χ3v) is 3.18. The Kier molecular flexibility index (Phi) is 5.64. The molecule has 0 saturated carbocycles. The zero-order valence-corrected chi connectivity index (χ0v) is 9.95. The van der Waals surface area contributed by atoms with E-state index in [4.69, 9.17) is 9.84 Å². The van der Waals surface area contributed by atoms with Gasteiger partial charge in [0.1, 0.15) is 0 Å². The van der Waals surface area contributed by atoms with E-state index in [1.807, 2.05) is 13.8 Å². The predicted octanol–water partition coefficient (Wildman–Crippen LogP) is 1.43. The van der Waals surface area contributed by atoms with Crippen molar-refractivity contribution in [1.82, 2.24) is 0 Å². The molecule has 0 fully saturated rings. The lowest BCUT2D eigenvalue weighted by Crippen LogP contribution is -2.46. The van der Waals surface area contributed by atoms with Gasteiger partial charge in [-0.1, -0.05) is 34.1 Å². The van der Waals surface area contributed by atoms with Gasteiger partial charge in [0.15, 0.2) is 0 Å². The van der Waals surface area contributed by atoms with E-state index in [2.05, 4.69) is 13.8 Å². The lowest BCUT2D eigenvalue weighted by atomic mass is 9.75. The Morgan fingerprint density at radius 1 is 1.36 bits per heavy atom. The Balaban J connectivity index is 4.63. The topological polar surface area (TPSA) is 49.7 Å². The summed E-state index contributed by atoms with van der Waals surface area (Å²) in [6.07, 6.45) is 0.233. The summed E-state index contributed by atoms with van der Waals surface area (Å²) < 4.78 is 5.42. The molecule has 14 heavy (non-hydrogen) atoms. The van der Waals surface area contributed by atoms with Gasteiger partial charge in [-0.2, -0.15) is 0 Å². The maximum atomic E-state index is 9.70. The number of hydrogen-bond acceptors (Lipinski definition) is 3. The van der Waals surface area contributed by atoms with E-state index >= 15 is 0 Å². The van der Waals surface area contributed by atoms with E-state index in [0.29, 0.717) is 5.92 Å². The molecule has 0 aliphatic carbocycles. The van der Waals surface area contributed by atoms with Crippen LogP contribution in [0, 0.1) is 11.3 Å². The summed E-state index contributed by atoms with van der Waals surface area (Å²) >= 11 is 0. The SMILES string of the molecule is CCC(C)C(OC)C(C)(C)C(O)CO. The minimum atomic E-state index is -0.735. The van der Waals surface area contributed by atoms with Gasteiger partial charge in [-0.15, -0.1) is 0 Å². The van der Waals surface area contributed by atoms with Gasteiger partial charge in [0.2, 0.25) is 0 Å². The number of ether oxygens (including phenoxy) is 1. The van der Waals surface area contributed by atoms with Crippen LogP contribution in [-0.2, 0) is 4.74 Å². The molecule has 2 N–H and O–H groups in total. The van der Waals surface area contributed by atoms with Crippen molar-refractivity contribution >= 4 is 0 Å². The van der Waals surface area contributed by atoms with Crippen molar-refractivity contribution in [3.05, 3.63) is 0 Å². The average molecular weight is 204 g/mol. The molecular weight excluding hydrogens is 180 g/mol. The first kappa shape index (κ1) is 13.9. The largest absolute Gasteiger partial charge is 0.394 e. The molecule has 0 radical (unpaired) electrons. The van der Waals surface area contributed by atoms with E-state index in [0.717, 1.165) is 6.42 Å². The molecule has 0 spiro atoms. The van der Waals surface area contributed by atoms with E-state index in [1.54, 1.807) is 7.11 Å². The van der Waals surface area contributed by atoms with Crippen LogP contribution in [0.2, 0.25) is 0 Å². The van der Waals surface area contributed by atoms with Crippen LogP contribution in [0.15, 0.2) is 0 Å². The molecule has 0 heterocycles. The smallest absolute Gasteiger partial charge is 0.0846 e. The van der Waals surface area contributed by atoms with Gasteiger partial charge in [-0.05, 0) is 5.92 Å². The Bertz CT molecular complexity index is 157. The second-order valence-electron chi connectivity index (χ2n) is 4.56. The van der Waals surface area contributed by atoms with Crippen LogP contribution >= 0.6 is 0 Å². The van der Waals surface area contributed by atoms with Crippen molar-refractivity contribution in [2.75, 3.05) is 13.7 Å². The van der Waals surface area contributed by atoms with Crippen molar-refractivity contribution in [2.45, 2.75) is 46.3 Å². The summed E-state index contributed by atoms with van der Waals surface area (Å²) in [5, 5.41) is 18.7. The zero-order valence-electron chi connectivity index (χ0n) is 9.95. The van der Waals surface area contributed by atoms with E-state index in [-0.39, 0.29) is 12.7 Å². The first-order valence-electron chi connectivity index (χ1n) is 5.23. The monoisotopic (exact) mass is 204 g/mol. The first-order chi connectivity index (χ1) is 6.41. The number of aliphatic hydroxyl groups excluding tert-OH is 2. The molecule has 0 aromatic heterocycles. The summed E-state index contributed by atoms with van der Waals surface area (Å²) in [4.78, 5) is 0. The van der Waals surface area contributed by atoms with Crippen LogP contribution in [0.1, 0.15) is 34.1 Å². The van der Waals surface area contributed by atoms with Crippen LogP contribution in [0.4, 0.5) is 0 Å². The van der Waals surface area contributed by atoms with Crippen molar-refractivity contribution in [3.8, 4) is 0 Å². The van der Waals surface area contributed by atoms with Gasteiger partial charge in [0, 0.05) is 12.5 Å². The Labute approximate surface area is 87.1 Å². The van der Waals surface area contributed by atoms with E-state index < -0.39 is 11.5 Å². The fourth-order valence-corrected chi connectivity index (χ4v) is 1.91. The van der Waals surface area contributed by atoms with Crippen LogP contribution in [0.3, 0.4) is 0 Å². The lowest BCUT2D eigenvalue weighted by Gasteiger charge is -2.39. The van der Waals surface area contributed by atoms with Gasteiger partial charge >= 0.3 is 0 Å². The van der Waals surface area contributed by atoms with Gasteiger partial charge in [-0.3, -0.25) is 0 Å². The highest BCUT2D eigenvalue weighted by Gasteiger charge is 2.38. The van der Waals surface area contributed by atoms with Gasteiger partial charge < -0.3 is 14.9 Å². The average Bonchev–Trinajstić information content (AvgIpc) is 2.16. The molecule has 0 aliphatic heterocycles. The Hall–Kier alpha value is -0.120. The van der Waals surface area contributed by atoms with Gasteiger partial charge in [0.25, 0.3) is 0 Å². The van der Waals surface area contributed by atoms with Crippen LogP contribution in [0.5, 0.6) is 0 Å². The first-order valence-corrected chi connectivity index (χ1v) is 5.23. The lowest BCUT2D eigenvalue weighted by molar-refractivity contribution is -0.105.